The van der Waals surface area contributed by atoms with Crippen molar-refractivity contribution in [2.24, 2.45) is 0 Å². The van der Waals surface area contributed by atoms with E-state index in [4.69, 9.17) is 9.47 Å². The van der Waals surface area contributed by atoms with Crippen LogP contribution in [0.1, 0.15) is 15.2 Å². The molecule has 1 N–H and O–H groups in total. The molecule has 3 aromatic carbocycles. The molecular formula is C27H26N2O6S2. The molecule has 0 atom stereocenters. The number of carbonyl (C=O) groups is 2. The Kier molecular flexibility index (Phi) is 8.22. The third kappa shape index (κ3) is 6.34. The number of methoxy groups -OCH3 is 2. The Morgan fingerprint density at radius 1 is 0.946 bits per heavy atom. The molecule has 0 aliphatic heterocycles. The van der Waals surface area contributed by atoms with Crippen LogP contribution in [0.3, 0.4) is 0 Å². The molecule has 0 fully saturated rings. The van der Waals surface area contributed by atoms with E-state index in [-0.39, 0.29) is 18.0 Å². The van der Waals surface area contributed by atoms with Gasteiger partial charge in [-0.15, -0.1) is 11.3 Å². The molecular weight excluding hydrogens is 512 g/mol. The van der Waals surface area contributed by atoms with E-state index in [0.717, 1.165) is 15.6 Å². The average molecular weight is 539 g/mol. The largest absolute Gasteiger partial charge is 0.497 e. The lowest BCUT2D eigenvalue weighted by molar-refractivity contribution is -0.116. The minimum absolute atomic E-state index is 0.0733. The molecule has 10 heteroatoms. The predicted octanol–water partition coefficient (Wildman–Crippen LogP) is 4.57. The van der Waals surface area contributed by atoms with Crippen molar-refractivity contribution in [3.63, 3.8) is 0 Å². The number of esters is 1. The maximum absolute atomic E-state index is 13.5. The molecule has 4 rings (SSSR count). The number of rotatable bonds is 10. The fraction of sp³-hybridized carbons (Fsp3) is 0.185. The molecule has 0 saturated carbocycles. The SMILES string of the molecule is COC(=O)c1cc2cc(NC(=O)CN(CCc3ccccc3)S(=O)(=O)c3ccc(OC)cc3)ccc2s1. The predicted molar refractivity (Wildman–Crippen MR) is 144 cm³/mol. The van der Waals surface area contributed by atoms with E-state index in [1.54, 1.807) is 36.4 Å². The summed E-state index contributed by atoms with van der Waals surface area (Å²) in [7, 11) is -1.14. The molecule has 1 aromatic heterocycles. The Bertz CT molecular complexity index is 1500. The minimum atomic E-state index is -3.96. The highest BCUT2D eigenvalue weighted by Crippen LogP contribution is 2.29. The lowest BCUT2D eigenvalue weighted by atomic mass is 10.1. The van der Waals surface area contributed by atoms with Crippen molar-refractivity contribution in [2.75, 3.05) is 32.6 Å². The summed E-state index contributed by atoms with van der Waals surface area (Å²) in [5, 5.41) is 3.55. The topological polar surface area (TPSA) is 102 Å². The van der Waals surface area contributed by atoms with E-state index in [1.165, 1.54) is 42.0 Å². The smallest absolute Gasteiger partial charge is 0.348 e. The number of hydrogen-bond acceptors (Lipinski definition) is 7. The minimum Gasteiger partial charge on any atom is -0.497 e. The van der Waals surface area contributed by atoms with Gasteiger partial charge in [0, 0.05) is 16.9 Å². The number of anilines is 1. The van der Waals surface area contributed by atoms with Gasteiger partial charge in [0.25, 0.3) is 0 Å². The summed E-state index contributed by atoms with van der Waals surface area (Å²) >= 11 is 1.29. The van der Waals surface area contributed by atoms with Crippen molar-refractivity contribution in [1.29, 1.82) is 0 Å². The highest BCUT2D eigenvalue weighted by atomic mass is 32.2. The lowest BCUT2D eigenvalue weighted by Gasteiger charge is -2.22. The second kappa shape index (κ2) is 11.5. The van der Waals surface area contributed by atoms with Crippen LogP contribution in [-0.4, -0.2) is 51.9 Å². The standard InChI is InChI=1S/C27H26N2O6S2/c1-34-22-9-11-23(12-10-22)37(32,33)29(15-14-19-6-4-3-5-7-19)18-26(30)28-21-8-13-24-20(16-21)17-25(36-24)27(31)35-2/h3-13,16-17H,14-15,18H2,1-2H3,(H,28,30). The summed E-state index contributed by atoms with van der Waals surface area (Å²) in [5.74, 6) is -0.371. The second-order valence-corrected chi connectivity index (χ2v) is 11.2. The Hall–Kier alpha value is -3.73. The number of hydrogen-bond donors (Lipinski definition) is 1. The number of nitrogens with zero attached hydrogens (tertiary/aromatic N) is 1. The Morgan fingerprint density at radius 2 is 1.68 bits per heavy atom. The molecule has 0 unspecified atom stereocenters. The van der Waals surface area contributed by atoms with Crippen LogP contribution < -0.4 is 10.1 Å². The third-order valence-corrected chi connectivity index (χ3v) is 8.65. The molecule has 0 spiro atoms. The van der Waals surface area contributed by atoms with Gasteiger partial charge in [-0.05, 0) is 65.9 Å². The number of thiophene rings is 1. The molecule has 1 heterocycles. The average Bonchev–Trinajstić information content (AvgIpc) is 3.34. The molecule has 8 nitrogen and oxygen atoms in total. The van der Waals surface area contributed by atoms with Gasteiger partial charge in [-0.1, -0.05) is 30.3 Å². The Morgan fingerprint density at radius 3 is 2.35 bits per heavy atom. The molecule has 37 heavy (non-hydrogen) atoms. The normalized spacial score (nSPS) is 11.4. The number of amides is 1. The van der Waals surface area contributed by atoms with Gasteiger partial charge in [-0.2, -0.15) is 4.31 Å². The lowest BCUT2D eigenvalue weighted by Crippen LogP contribution is -2.39. The number of benzene rings is 3. The van der Waals surface area contributed by atoms with Crippen molar-refractivity contribution in [3.05, 3.63) is 89.3 Å². The van der Waals surface area contributed by atoms with Crippen LogP contribution in [0.5, 0.6) is 5.75 Å². The summed E-state index contributed by atoms with van der Waals surface area (Å²) in [6.45, 7) is -0.242. The zero-order valence-electron chi connectivity index (χ0n) is 20.3. The third-order valence-electron chi connectivity index (χ3n) is 5.70. The fourth-order valence-corrected chi connectivity index (χ4v) is 6.12. The van der Waals surface area contributed by atoms with Crippen LogP contribution in [0, 0.1) is 0 Å². The van der Waals surface area contributed by atoms with Gasteiger partial charge in [0.05, 0.1) is 25.7 Å². The molecule has 192 valence electrons. The van der Waals surface area contributed by atoms with Gasteiger partial charge in [0.2, 0.25) is 15.9 Å². The second-order valence-electron chi connectivity index (χ2n) is 8.15. The summed E-state index contributed by atoms with van der Waals surface area (Å²) in [6.07, 6.45) is 0.445. The van der Waals surface area contributed by atoms with E-state index in [1.807, 2.05) is 30.3 Å². The number of ether oxygens (including phenoxy) is 2. The summed E-state index contributed by atoms with van der Waals surface area (Å²) < 4.78 is 38.9. The molecule has 4 aromatic rings. The van der Waals surface area contributed by atoms with Crippen molar-refractivity contribution in [3.8, 4) is 5.75 Å². The van der Waals surface area contributed by atoms with Gasteiger partial charge < -0.3 is 14.8 Å². The summed E-state index contributed by atoms with van der Waals surface area (Å²) in [5.41, 5.74) is 1.46. The Labute approximate surface area is 219 Å². The van der Waals surface area contributed by atoms with Gasteiger partial charge in [0.15, 0.2) is 0 Å². The molecule has 0 radical (unpaired) electrons. The van der Waals surface area contributed by atoms with E-state index < -0.39 is 21.9 Å². The molecule has 1 amide bonds. The van der Waals surface area contributed by atoms with Crippen LogP contribution >= 0.6 is 11.3 Å². The van der Waals surface area contributed by atoms with E-state index in [0.29, 0.717) is 22.7 Å². The first-order valence-electron chi connectivity index (χ1n) is 11.4. The zero-order valence-corrected chi connectivity index (χ0v) is 22.0. The number of nitrogens with one attached hydrogen (secondary N) is 1. The number of carbonyl (C=O) groups excluding carboxylic acids is 2. The van der Waals surface area contributed by atoms with Crippen LogP contribution in [0.15, 0.2) is 83.8 Å². The highest BCUT2D eigenvalue weighted by Gasteiger charge is 2.27. The van der Waals surface area contributed by atoms with E-state index in [9.17, 15) is 18.0 Å². The first-order valence-corrected chi connectivity index (χ1v) is 13.7. The maximum atomic E-state index is 13.5. The first kappa shape index (κ1) is 26.3. The van der Waals surface area contributed by atoms with Crippen LogP contribution in [0.4, 0.5) is 5.69 Å². The molecule has 0 aliphatic rings. The van der Waals surface area contributed by atoms with Gasteiger partial charge >= 0.3 is 5.97 Å². The van der Waals surface area contributed by atoms with Crippen molar-refractivity contribution < 1.29 is 27.5 Å². The van der Waals surface area contributed by atoms with Crippen LogP contribution in [-0.2, 0) is 26.0 Å². The van der Waals surface area contributed by atoms with E-state index in [2.05, 4.69) is 5.32 Å². The first-order chi connectivity index (χ1) is 17.8. The van der Waals surface area contributed by atoms with E-state index >= 15 is 0 Å². The molecule has 0 bridgehead atoms. The van der Waals surface area contributed by atoms with Gasteiger partial charge in [-0.3, -0.25) is 4.79 Å². The monoisotopic (exact) mass is 538 g/mol. The van der Waals surface area contributed by atoms with Crippen molar-refractivity contribution in [2.45, 2.75) is 11.3 Å². The zero-order chi connectivity index (χ0) is 26.4. The summed E-state index contributed by atoms with van der Waals surface area (Å²) in [6, 6.07) is 22.5. The number of fused-ring (bicyclic) bond motifs is 1. The summed E-state index contributed by atoms with van der Waals surface area (Å²) in [4.78, 5) is 25.4. The van der Waals surface area contributed by atoms with Gasteiger partial charge in [0.1, 0.15) is 10.6 Å². The maximum Gasteiger partial charge on any atom is 0.348 e. The fourth-order valence-electron chi connectivity index (χ4n) is 3.76. The number of sulfonamides is 1. The van der Waals surface area contributed by atoms with Crippen LogP contribution in [0.2, 0.25) is 0 Å². The molecule has 0 saturated heterocycles. The van der Waals surface area contributed by atoms with Crippen molar-refractivity contribution in [1.82, 2.24) is 4.31 Å². The Balaban J connectivity index is 1.54. The quantitative estimate of drug-likeness (QED) is 0.297. The van der Waals surface area contributed by atoms with Crippen LogP contribution in [0.25, 0.3) is 10.1 Å². The van der Waals surface area contributed by atoms with Gasteiger partial charge in [-0.25, -0.2) is 13.2 Å². The van der Waals surface area contributed by atoms with Crippen molar-refractivity contribution >= 4 is 49.0 Å². The highest BCUT2D eigenvalue weighted by molar-refractivity contribution is 7.89. The molecule has 0 aliphatic carbocycles.